The maximum Gasteiger partial charge on any atom is 0.219 e. The van der Waals surface area contributed by atoms with Crippen molar-refractivity contribution in [3.8, 4) is 11.4 Å². The second kappa shape index (κ2) is 6.30. The van der Waals surface area contributed by atoms with Crippen LogP contribution in [0.5, 0.6) is 0 Å². The zero-order chi connectivity index (χ0) is 15.5. The monoisotopic (exact) mass is 298 g/mol. The van der Waals surface area contributed by atoms with Crippen molar-refractivity contribution in [3.05, 3.63) is 36.2 Å². The minimum absolute atomic E-state index is 0.185. The molecule has 1 amide bonds. The Labute approximate surface area is 131 Å². The molecular weight excluding hydrogens is 276 g/mol. The third-order valence-electron chi connectivity index (χ3n) is 4.36. The van der Waals surface area contributed by atoms with Gasteiger partial charge in [0.15, 0.2) is 0 Å². The van der Waals surface area contributed by atoms with Crippen LogP contribution in [0.4, 0.5) is 0 Å². The molecule has 0 bridgehead atoms. The Morgan fingerprint density at radius 2 is 2.23 bits per heavy atom. The SMILES string of the molecule is CCn1nccc1-c1cc(CC2CCN(C(C)=O)C2)ccn1. The Hall–Kier alpha value is -2.17. The molecule has 0 saturated carbocycles. The molecule has 1 unspecified atom stereocenters. The summed E-state index contributed by atoms with van der Waals surface area (Å²) in [7, 11) is 0. The van der Waals surface area contributed by atoms with Crippen LogP contribution in [0.15, 0.2) is 30.6 Å². The van der Waals surface area contributed by atoms with Crippen molar-refractivity contribution in [1.82, 2.24) is 19.7 Å². The lowest BCUT2D eigenvalue weighted by molar-refractivity contribution is -0.127. The maximum absolute atomic E-state index is 11.4. The van der Waals surface area contributed by atoms with Gasteiger partial charge >= 0.3 is 0 Å². The van der Waals surface area contributed by atoms with Crippen molar-refractivity contribution < 1.29 is 4.79 Å². The van der Waals surface area contributed by atoms with Crippen molar-refractivity contribution >= 4 is 5.91 Å². The summed E-state index contributed by atoms with van der Waals surface area (Å²) in [6.45, 7) is 6.33. The van der Waals surface area contributed by atoms with E-state index in [4.69, 9.17) is 0 Å². The lowest BCUT2D eigenvalue weighted by atomic mass is 9.98. The van der Waals surface area contributed by atoms with Crippen molar-refractivity contribution in [3.63, 3.8) is 0 Å². The van der Waals surface area contributed by atoms with E-state index in [9.17, 15) is 4.79 Å². The summed E-state index contributed by atoms with van der Waals surface area (Å²) in [6, 6.07) is 6.23. The molecule has 5 heteroatoms. The molecule has 3 rings (SSSR count). The number of nitrogens with zero attached hydrogens (tertiary/aromatic N) is 4. The molecule has 2 aromatic heterocycles. The van der Waals surface area contributed by atoms with E-state index in [0.29, 0.717) is 5.92 Å². The number of aryl methyl sites for hydroxylation is 1. The van der Waals surface area contributed by atoms with E-state index in [-0.39, 0.29) is 5.91 Å². The van der Waals surface area contributed by atoms with Gasteiger partial charge < -0.3 is 4.90 Å². The van der Waals surface area contributed by atoms with Gasteiger partial charge in [-0.3, -0.25) is 14.5 Å². The Kier molecular flexibility index (Phi) is 4.22. The van der Waals surface area contributed by atoms with E-state index < -0.39 is 0 Å². The van der Waals surface area contributed by atoms with Crippen LogP contribution in [-0.4, -0.2) is 38.7 Å². The fourth-order valence-electron chi connectivity index (χ4n) is 3.16. The summed E-state index contributed by atoms with van der Waals surface area (Å²) in [4.78, 5) is 17.9. The average molecular weight is 298 g/mol. The summed E-state index contributed by atoms with van der Waals surface area (Å²) in [5.74, 6) is 0.736. The number of hydrogen-bond acceptors (Lipinski definition) is 3. The van der Waals surface area contributed by atoms with Crippen LogP contribution in [0.25, 0.3) is 11.4 Å². The Bertz CT molecular complexity index is 664. The molecule has 1 aliphatic heterocycles. The van der Waals surface area contributed by atoms with E-state index >= 15 is 0 Å². The van der Waals surface area contributed by atoms with Gasteiger partial charge in [-0.15, -0.1) is 0 Å². The van der Waals surface area contributed by atoms with Crippen molar-refractivity contribution in [2.45, 2.75) is 33.2 Å². The maximum atomic E-state index is 11.4. The van der Waals surface area contributed by atoms with Crippen LogP contribution in [0.3, 0.4) is 0 Å². The fourth-order valence-corrected chi connectivity index (χ4v) is 3.16. The highest BCUT2D eigenvalue weighted by Crippen LogP contribution is 2.23. The highest BCUT2D eigenvalue weighted by atomic mass is 16.2. The van der Waals surface area contributed by atoms with Crippen LogP contribution >= 0.6 is 0 Å². The lowest BCUT2D eigenvalue weighted by Crippen LogP contribution is -2.26. The third kappa shape index (κ3) is 3.03. The second-order valence-corrected chi connectivity index (χ2v) is 5.91. The minimum atomic E-state index is 0.185. The van der Waals surface area contributed by atoms with E-state index in [2.05, 4.69) is 29.1 Å². The first kappa shape index (κ1) is 14.8. The number of carbonyl (C=O) groups is 1. The normalized spacial score (nSPS) is 17.9. The second-order valence-electron chi connectivity index (χ2n) is 5.91. The molecule has 1 saturated heterocycles. The molecule has 1 fully saturated rings. The first-order chi connectivity index (χ1) is 10.7. The molecule has 0 aromatic carbocycles. The smallest absolute Gasteiger partial charge is 0.219 e. The highest BCUT2D eigenvalue weighted by Gasteiger charge is 2.24. The molecule has 0 aliphatic carbocycles. The molecule has 2 aromatic rings. The zero-order valence-electron chi connectivity index (χ0n) is 13.2. The van der Waals surface area contributed by atoms with Gasteiger partial charge in [0.1, 0.15) is 0 Å². The molecule has 5 nitrogen and oxygen atoms in total. The van der Waals surface area contributed by atoms with E-state index in [1.165, 1.54) is 5.56 Å². The largest absolute Gasteiger partial charge is 0.343 e. The first-order valence-corrected chi connectivity index (χ1v) is 7.90. The molecule has 0 spiro atoms. The number of rotatable bonds is 4. The molecule has 0 N–H and O–H groups in total. The van der Waals surface area contributed by atoms with E-state index in [1.807, 2.05) is 28.0 Å². The Balaban J connectivity index is 1.74. The van der Waals surface area contributed by atoms with Crippen LogP contribution in [0.2, 0.25) is 0 Å². The van der Waals surface area contributed by atoms with Gasteiger partial charge in [-0.05, 0) is 49.4 Å². The molecule has 116 valence electrons. The summed E-state index contributed by atoms with van der Waals surface area (Å²) >= 11 is 0. The molecule has 1 aliphatic rings. The minimum Gasteiger partial charge on any atom is -0.343 e. The van der Waals surface area contributed by atoms with Crippen molar-refractivity contribution in [1.29, 1.82) is 0 Å². The summed E-state index contributed by atoms with van der Waals surface area (Å²) in [5.41, 5.74) is 3.31. The van der Waals surface area contributed by atoms with Gasteiger partial charge in [-0.25, -0.2) is 0 Å². The fraction of sp³-hybridized carbons (Fsp3) is 0.471. The zero-order valence-corrected chi connectivity index (χ0v) is 13.2. The number of pyridine rings is 1. The number of aromatic nitrogens is 3. The lowest BCUT2D eigenvalue weighted by Gasteiger charge is -2.14. The average Bonchev–Trinajstić information content (AvgIpc) is 3.16. The van der Waals surface area contributed by atoms with Crippen LogP contribution in [-0.2, 0) is 17.8 Å². The van der Waals surface area contributed by atoms with Gasteiger partial charge in [-0.2, -0.15) is 5.10 Å². The number of hydrogen-bond donors (Lipinski definition) is 0. The van der Waals surface area contributed by atoms with Gasteiger partial charge in [0, 0.05) is 39.0 Å². The number of amides is 1. The number of likely N-dealkylation sites (tertiary alicyclic amines) is 1. The first-order valence-electron chi connectivity index (χ1n) is 7.90. The standard InChI is InChI=1S/C17H22N4O/c1-3-21-17(5-8-19-21)16-11-14(4-7-18-16)10-15-6-9-20(12-15)13(2)22/h4-5,7-8,11,15H,3,6,9-10,12H2,1-2H3. The molecule has 1 atom stereocenters. The molecule has 3 heterocycles. The van der Waals surface area contributed by atoms with E-state index in [0.717, 1.165) is 43.9 Å². The Morgan fingerprint density at radius 1 is 1.36 bits per heavy atom. The predicted octanol–water partition coefficient (Wildman–Crippen LogP) is 2.38. The van der Waals surface area contributed by atoms with Gasteiger partial charge in [-0.1, -0.05) is 0 Å². The molecule has 22 heavy (non-hydrogen) atoms. The summed E-state index contributed by atoms with van der Waals surface area (Å²) in [5, 5.41) is 4.31. The highest BCUT2D eigenvalue weighted by molar-refractivity contribution is 5.73. The van der Waals surface area contributed by atoms with E-state index in [1.54, 1.807) is 6.92 Å². The van der Waals surface area contributed by atoms with Gasteiger partial charge in [0.2, 0.25) is 5.91 Å². The molecule has 0 radical (unpaired) electrons. The summed E-state index contributed by atoms with van der Waals surface area (Å²) in [6.07, 6.45) is 5.77. The van der Waals surface area contributed by atoms with Gasteiger partial charge in [0.05, 0.1) is 11.4 Å². The third-order valence-corrected chi connectivity index (χ3v) is 4.36. The van der Waals surface area contributed by atoms with Crippen molar-refractivity contribution in [2.75, 3.05) is 13.1 Å². The van der Waals surface area contributed by atoms with Crippen LogP contribution < -0.4 is 0 Å². The summed E-state index contributed by atoms with van der Waals surface area (Å²) < 4.78 is 1.96. The van der Waals surface area contributed by atoms with Gasteiger partial charge in [0.25, 0.3) is 0 Å². The topological polar surface area (TPSA) is 51.0 Å². The predicted molar refractivity (Wildman–Crippen MR) is 85.2 cm³/mol. The Morgan fingerprint density at radius 3 is 2.95 bits per heavy atom. The van der Waals surface area contributed by atoms with Crippen LogP contribution in [0, 0.1) is 5.92 Å². The van der Waals surface area contributed by atoms with Crippen LogP contribution in [0.1, 0.15) is 25.8 Å². The van der Waals surface area contributed by atoms with Crippen molar-refractivity contribution in [2.24, 2.45) is 5.92 Å². The number of carbonyl (C=O) groups excluding carboxylic acids is 1. The molecular formula is C17H22N4O. The quantitative estimate of drug-likeness (QED) is 0.871.